The summed E-state index contributed by atoms with van der Waals surface area (Å²) in [5, 5.41) is 21.8. The van der Waals surface area contributed by atoms with Gasteiger partial charge in [0.05, 0.1) is 11.3 Å². The Hall–Kier alpha value is -2.47. The number of ketones is 2. The van der Waals surface area contributed by atoms with Crippen molar-refractivity contribution in [1.82, 2.24) is 5.32 Å². The number of carbonyl (C=O) groups is 3. The van der Waals surface area contributed by atoms with Gasteiger partial charge in [-0.25, -0.2) is 0 Å². The smallest absolute Gasteiger partial charge is 0.253 e. The number of rotatable bonds is 0. The molecule has 3 rings (SSSR count). The van der Waals surface area contributed by atoms with Crippen LogP contribution in [0.4, 0.5) is 0 Å². The first kappa shape index (κ1) is 12.6. The molecule has 2 aliphatic rings. The number of aliphatic hydroxyl groups is 1. The first-order valence-corrected chi connectivity index (χ1v) is 6.08. The van der Waals surface area contributed by atoms with Gasteiger partial charge in [-0.15, -0.1) is 0 Å². The van der Waals surface area contributed by atoms with Crippen molar-refractivity contribution in [3.05, 3.63) is 40.6 Å². The van der Waals surface area contributed by atoms with Crippen LogP contribution in [0.3, 0.4) is 0 Å². The van der Waals surface area contributed by atoms with Gasteiger partial charge in [0.1, 0.15) is 11.9 Å². The number of phenolic OH excluding ortho intramolecular Hbond substituents is 1. The van der Waals surface area contributed by atoms with E-state index in [9.17, 15) is 24.6 Å². The second-order valence-electron chi connectivity index (χ2n) is 4.87. The van der Waals surface area contributed by atoms with Gasteiger partial charge in [0.15, 0.2) is 5.78 Å². The van der Waals surface area contributed by atoms with Gasteiger partial charge in [-0.2, -0.15) is 0 Å². The monoisotopic (exact) mass is 273 g/mol. The van der Waals surface area contributed by atoms with Gasteiger partial charge in [0.25, 0.3) is 5.91 Å². The maximum Gasteiger partial charge on any atom is 0.253 e. The Balaban J connectivity index is 2.26. The second kappa shape index (κ2) is 4.01. The van der Waals surface area contributed by atoms with E-state index in [4.69, 9.17) is 0 Å². The van der Waals surface area contributed by atoms with Crippen molar-refractivity contribution in [2.24, 2.45) is 5.92 Å². The van der Waals surface area contributed by atoms with Crippen molar-refractivity contribution >= 4 is 17.5 Å². The normalized spacial score (nSPS) is 25.2. The first-order valence-electron chi connectivity index (χ1n) is 6.08. The van der Waals surface area contributed by atoms with E-state index in [2.05, 4.69) is 5.32 Å². The number of aliphatic hydroxyl groups excluding tert-OH is 1. The van der Waals surface area contributed by atoms with Crippen LogP contribution >= 0.6 is 0 Å². The molecule has 1 heterocycles. The summed E-state index contributed by atoms with van der Waals surface area (Å²) in [6, 6.07) is 4.19. The van der Waals surface area contributed by atoms with Gasteiger partial charge in [-0.1, -0.05) is 13.0 Å². The van der Waals surface area contributed by atoms with Crippen LogP contribution in [-0.2, 0) is 4.79 Å². The molecular weight excluding hydrogens is 262 g/mol. The SMILES string of the molecule is CC1C2=C(NC(=O)C1O)C(=O)c1cccc(O)c1C2=O. The molecule has 0 spiro atoms. The maximum atomic E-state index is 12.4. The zero-order chi connectivity index (χ0) is 14.6. The van der Waals surface area contributed by atoms with E-state index in [0.29, 0.717) is 0 Å². The fourth-order valence-electron chi connectivity index (χ4n) is 2.61. The molecule has 102 valence electrons. The van der Waals surface area contributed by atoms with Crippen LogP contribution < -0.4 is 5.32 Å². The number of nitrogens with one attached hydrogen (secondary N) is 1. The predicted octanol–water partition coefficient (Wildman–Crippen LogP) is 0.152. The Morgan fingerprint density at radius 2 is 1.85 bits per heavy atom. The van der Waals surface area contributed by atoms with E-state index in [0.717, 1.165) is 0 Å². The Morgan fingerprint density at radius 3 is 2.55 bits per heavy atom. The number of aromatic hydroxyl groups is 1. The van der Waals surface area contributed by atoms with Crippen LogP contribution in [0.5, 0.6) is 5.75 Å². The molecule has 1 aliphatic heterocycles. The number of hydrogen-bond donors (Lipinski definition) is 3. The molecule has 0 radical (unpaired) electrons. The van der Waals surface area contributed by atoms with Gasteiger partial charge >= 0.3 is 0 Å². The molecule has 1 amide bonds. The number of phenols is 1. The van der Waals surface area contributed by atoms with Crippen molar-refractivity contribution in [1.29, 1.82) is 0 Å². The molecule has 6 heteroatoms. The highest BCUT2D eigenvalue weighted by Gasteiger charge is 2.44. The number of amides is 1. The minimum atomic E-state index is -1.39. The lowest BCUT2D eigenvalue weighted by Crippen LogP contribution is -2.49. The number of hydrogen-bond acceptors (Lipinski definition) is 5. The molecule has 20 heavy (non-hydrogen) atoms. The molecule has 1 aliphatic carbocycles. The summed E-state index contributed by atoms with van der Waals surface area (Å²) < 4.78 is 0. The predicted molar refractivity (Wildman–Crippen MR) is 67.1 cm³/mol. The second-order valence-corrected chi connectivity index (χ2v) is 4.87. The zero-order valence-corrected chi connectivity index (χ0v) is 10.5. The Bertz CT molecular complexity index is 704. The molecular formula is C14H11NO5. The summed E-state index contributed by atoms with van der Waals surface area (Å²) in [5.41, 5.74) is -0.0870. The van der Waals surface area contributed by atoms with E-state index < -0.39 is 29.5 Å². The molecule has 2 atom stereocenters. The molecule has 1 aromatic carbocycles. The molecule has 0 aromatic heterocycles. The highest BCUT2D eigenvalue weighted by Crippen LogP contribution is 2.36. The maximum absolute atomic E-state index is 12.4. The molecule has 6 nitrogen and oxygen atoms in total. The van der Waals surface area contributed by atoms with Crippen LogP contribution in [0.2, 0.25) is 0 Å². The summed E-state index contributed by atoms with van der Waals surface area (Å²) in [7, 11) is 0. The minimum Gasteiger partial charge on any atom is -0.507 e. The number of allylic oxidation sites excluding steroid dienone is 1. The Morgan fingerprint density at radius 1 is 1.15 bits per heavy atom. The molecule has 0 fully saturated rings. The number of Topliss-reactive ketones (excluding diaryl/α,β-unsaturated/α-hetero) is 2. The minimum absolute atomic E-state index is 0.0381. The Labute approximate surface area is 113 Å². The van der Waals surface area contributed by atoms with Crippen molar-refractivity contribution in [3.8, 4) is 5.75 Å². The quantitative estimate of drug-likeness (QED) is 0.624. The van der Waals surface area contributed by atoms with Crippen LogP contribution in [0, 0.1) is 5.92 Å². The lowest BCUT2D eigenvalue weighted by atomic mass is 9.77. The number of benzene rings is 1. The van der Waals surface area contributed by atoms with Crippen molar-refractivity contribution in [2.45, 2.75) is 13.0 Å². The first-order chi connectivity index (χ1) is 9.43. The lowest BCUT2D eigenvalue weighted by Gasteiger charge is -2.32. The molecule has 3 N–H and O–H groups in total. The van der Waals surface area contributed by atoms with Crippen LogP contribution in [0.1, 0.15) is 27.6 Å². The lowest BCUT2D eigenvalue weighted by molar-refractivity contribution is -0.131. The largest absolute Gasteiger partial charge is 0.507 e. The third-order valence-corrected chi connectivity index (χ3v) is 3.70. The zero-order valence-electron chi connectivity index (χ0n) is 10.5. The standard InChI is InChI=1S/C14H11NO5/c1-5-8-10(15-14(20)11(5)17)12(18)6-3-2-4-7(16)9(6)13(8)19/h2-5,11,16-17H,1H3,(H,15,20). The van der Waals surface area contributed by atoms with E-state index in [1.54, 1.807) is 0 Å². The average molecular weight is 273 g/mol. The summed E-state index contributed by atoms with van der Waals surface area (Å²) in [6.45, 7) is 1.49. The van der Waals surface area contributed by atoms with Gasteiger partial charge in [0.2, 0.25) is 5.78 Å². The van der Waals surface area contributed by atoms with Crippen molar-refractivity contribution in [2.75, 3.05) is 0 Å². The number of fused-ring (bicyclic) bond motifs is 1. The molecule has 0 bridgehead atoms. The molecule has 0 saturated heterocycles. The van der Waals surface area contributed by atoms with Gasteiger partial charge in [-0.05, 0) is 12.1 Å². The molecule has 1 aromatic rings. The van der Waals surface area contributed by atoms with Crippen molar-refractivity contribution in [3.63, 3.8) is 0 Å². The summed E-state index contributed by atoms with van der Waals surface area (Å²) >= 11 is 0. The third-order valence-electron chi connectivity index (χ3n) is 3.70. The van der Waals surface area contributed by atoms with E-state index in [1.807, 2.05) is 0 Å². The highest BCUT2D eigenvalue weighted by atomic mass is 16.3. The summed E-state index contributed by atoms with van der Waals surface area (Å²) in [5.74, 6) is -2.87. The van der Waals surface area contributed by atoms with Gasteiger partial charge < -0.3 is 15.5 Å². The van der Waals surface area contributed by atoms with Crippen LogP contribution in [0.25, 0.3) is 0 Å². The summed E-state index contributed by atoms with van der Waals surface area (Å²) in [6.07, 6.45) is -1.39. The van der Waals surface area contributed by atoms with Crippen LogP contribution in [-0.4, -0.2) is 33.8 Å². The highest BCUT2D eigenvalue weighted by molar-refractivity contribution is 6.29. The van der Waals surface area contributed by atoms with Gasteiger partial charge in [0, 0.05) is 17.1 Å². The number of carbonyl (C=O) groups excluding carboxylic acids is 3. The molecule has 2 unspecified atom stereocenters. The van der Waals surface area contributed by atoms with Gasteiger partial charge in [-0.3, -0.25) is 14.4 Å². The topological polar surface area (TPSA) is 104 Å². The Kier molecular flexibility index (Phi) is 2.52. The van der Waals surface area contributed by atoms with Crippen molar-refractivity contribution < 1.29 is 24.6 Å². The van der Waals surface area contributed by atoms with E-state index in [-0.39, 0.29) is 28.1 Å². The van der Waals surface area contributed by atoms with E-state index in [1.165, 1.54) is 25.1 Å². The van der Waals surface area contributed by atoms with E-state index >= 15 is 0 Å². The fourth-order valence-corrected chi connectivity index (χ4v) is 2.61. The summed E-state index contributed by atoms with van der Waals surface area (Å²) in [4.78, 5) is 36.4. The molecule has 0 saturated carbocycles. The fraction of sp³-hybridized carbons (Fsp3) is 0.214. The van der Waals surface area contributed by atoms with Crippen LogP contribution in [0.15, 0.2) is 29.5 Å². The average Bonchev–Trinajstić information content (AvgIpc) is 2.41. The third kappa shape index (κ3) is 1.45.